The van der Waals surface area contributed by atoms with Gasteiger partial charge in [-0.3, -0.25) is 0 Å². The van der Waals surface area contributed by atoms with Gasteiger partial charge in [0, 0.05) is 6.07 Å². The fraction of sp³-hybridized carbons (Fsp3) is 0.222. The summed E-state index contributed by atoms with van der Waals surface area (Å²) in [5.74, 6) is 0.817. The lowest BCUT2D eigenvalue weighted by Gasteiger charge is -2.23. The summed E-state index contributed by atoms with van der Waals surface area (Å²) in [4.78, 5) is 10.4. The van der Waals surface area contributed by atoms with E-state index in [0.717, 1.165) is 6.29 Å². The number of nitrogens with one attached hydrogen (secondary N) is 1. The average molecular weight is 179 g/mol. The Hall–Kier alpha value is -1.71. The molecule has 0 bridgehead atoms. The number of benzene rings is 1. The fourth-order valence-electron chi connectivity index (χ4n) is 1.25. The first-order valence-electron chi connectivity index (χ1n) is 3.97. The van der Waals surface area contributed by atoms with E-state index >= 15 is 0 Å². The summed E-state index contributed by atoms with van der Waals surface area (Å²) in [6.07, 6.45) is 0.785. The SMILES string of the molecule is O=CC1COc2ccc(O)cc2N1. The van der Waals surface area contributed by atoms with Crippen molar-refractivity contribution in [3.63, 3.8) is 0 Å². The second kappa shape index (κ2) is 2.97. The highest BCUT2D eigenvalue weighted by Crippen LogP contribution is 2.31. The van der Waals surface area contributed by atoms with Gasteiger partial charge < -0.3 is 20.0 Å². The average Bonchev–Trinajstić information content (AvgIpc) is 2.16. The van der Waals surface area contributed by atoms with Crippen molar-refractivity contribution in [1.29, 1.82) is 0 Å². The van der Waals surface area contributed by atoms with Crippen LogP contribution in [0.15, 0.2) is 18.2 Å². The van der Waals surface area contributed by atoms with Crippen molar-refractivity contribution in [3.05, 3.63) is 18.2 Å². The van der Waals surface area contributed by atoms with E-state index in [4.69, 9.17) is 9.84 Å². The van der Waals surface area contributed by atoms with Crippen LogP contribution in [-0.4, -0.2) is 24.0 Å². The first kappa shape index (κ1) is 7.91. The fourth-order valence-corrected chi connectivity index (χ4v) is 1.25. The van der Waals surface area contributed by atoms with Gasteiger partial charge in [-0.05, 0) is 12.1 Å². The van der Waals surface area contributed by atoms with Crippen molar-refractivity contribution >= 4 is 12.0 Å². The summed E-state index contributed by atoms with van der Waals surface area (Å²) in [5, 5.41) is 12.1. The Morgan fingerprint density at radius 2 is 2.46 bits per heavy atom. The largest absolute Gasteiger partial charge is 0.508 e. The van der Waals surface area contributed by atoms with Gasteiger partial charge in [0.05, 0.1) is 5.69 Å². The van der Waals surface area contributed by atoms with Crippen molar-refractivity contribution in [2.45, 2.75) is 6.04 Å². The number of hydrogen-bond donors (Lipinski definition) is 2. The molecule has 1 aliphatic rings. The number of carbonyl (C=O) groups is 1. The van der Waals surface area contributed by atoms with Gasteiger partial charge in [0.15, 0.2) is 0 Å². The summed E-state index contributed by atoms with van der Waals surface area (Å²) in [7, 11) is 0. The standard InChI is InChI=1S/C9H9NO3/c11-4-6-5-13-9-2-1-7(12)3-8(9)10-6/h1-4,6,10,12H,5H2. The monoisotopic (exact) mass is 179 g/mol. The minimum atomic E-state index is -0.325. The molecule has 4 nitrogen and oxygen atoms in total. The number of rotatable bonds is 1. The molecule has 2 N–H and O–H groups in total. The molecule has 0 radical (unpaired) electrons. The van der Waals surface area contributed by atoms with Crippen molar-refractivity contribution in [3.8, 4) is 11.5 Å². The van der Waals surface area contributed by atoms with Crippen molar-refractivity contribution < 1.29 is 14.6 Å². The van der Waals surface area contributed by atoms with Gasteiger partial charge in [0.25, 0.3) is 0 Å². The number of fused-ring (bicyclic) bond motifs is 1. The molecule has 1 aromatic rings. The second-order valence-electron chi connectivity index (χ2n) is 2.88. The highest BCUT2D eigenvalue weighted by Gasteiger charge is 2.17. The van der Waals surface area contributed by atoms with E-state index in [-0.39, 0.29) is 11.8 Å². The van der Waals surface area contributed by atoms with Crippen LogP contribution in [-0.2, 0) is 4.79 Å². The lowest BCUT2D eigenvalue weighted by atomic mass is 10.2. The Balaban J connectivity index is 2.32. The third kappa shape index (κ3) is 1.42. The van der Waals surface area contributed by atoms with E-state index in [1.54, 1.807) is 12.1 Å². The van der Waals surface area contributed by atoms with Gasteiger partial charge in [0.2, 0.25) is 0 Å². The van der Waals surface area contributed by atoms with E-state index in [1.807, 2.05) is 0 Å². The zero-order chi connectivity index (χ0) is 9.26. The summed E-state index contributed by atoms with van der Waals surface area (Å²) >= 11 is 0. The number of phenolic OH excluding ortho intramolecular Hbond substituents is 1. The molecule has 1 aromatic carbocycles. The van der Waals surface area contributed by atoms with Crippen molar-refractivity contribution in [2.75, 3.05) is 11.9 Å². The molecule has 1 aliphatic heterocycles. The molecule has 1 heterocycles. The topological polar surface area (TPSA) is 58.6 Å². The predicted octanol–water partition coefficient (Wildman–Crippen LogP) is 0.764. The molecule has 68 valence electrons. The number of phenols is 1. The van der Waals surface area contributed by atoms with Crippen LogP contribution in [0.1, 0.15) is 0 Å². The quantitative estimate of drug-likeness (QED) is 0.625. The van der Waals surface area contributed by atoms with Gasteiger partial charge >= 0.3 is 0 Å². The zero-order valence-electron chi connectivity index (χ0n) is 6.86. The van der Waals surface area contributed by atoms with Crippen LogP contribution in [0.2, 0.25) is 0 Å². The first-order chi connectivity index (χ1) is 6.29. The molecular weight excluding hydrogens is 170 g/mol. The van der Waals surface area contributed by atoms with Crippen molar-refractivity contribution in [1.82, 2.24) is 0 Å². The third-order valence-corrected chi connectivity index (χ3v) is 1.89. The van der Waals surface area contributed by atoms with Gasteiger partial charge in [-0.1, -0.05) is 0 Å². The van der Waals surface area contributed by atoms with E-state index in [1.165, 1.54) is 6.07 Å². The summed E-state index contributed by atoms with van der Waals surface area (Å²) < 4.78 is 5.28. The summed E-state index contributed by atoms with van der Waals surface area (Å²) in [6, 6.07) is 4.42. The molecule has 0 aromatic heterocycles. The number of aromatic hydroxyl groups is 1. The van der Waals surface area contributed by atoms with Crippen LogP contribution in [0.4, 0.5) is 5.69 Å². The molecule has 13 heavy (non-hydrogen) atoms. The lowest BCUT2D eigenvalue weighted by Crippen LogP contribution is -2.32. The molecule has 0 fully saturated rings. The summed E-state index contributed by atoms with van der Waals surface area (Å²) in [6.45, 7) is 0.335. The minimum absolute atomic E-state index is 0.154. The second-order valence-corrected chi connectivity index (χ2v) is 2.88. The first-order valence-corrected chi connectivity index (χ1v) is 3.97. The molecule has 0 amide bonds. The maximum absolute atomic E-state index is 10.4. The zero-order valence-corrected chi connectivity index (χ0v) is 6.86. The molecular formula is C9H9NO3. The van der Waals surface area contributed by atoms with Crippen molar-refractivity contribution in [2.24, 2.45) is 0 Å². The van der Waals surface area contributed by atoms with Gasteiger partial charge in [-0.25, -0.2) is 0 Å². The molecule has 1 unspecified atom stereocenters. The molecule has 2 rings (SSSR count). The maximum Gasteiger partial charge on any atom is 0.145 e. The highest BCUT2D eigenvalue weighted by atomic mass is 16.5. The lowest BCUT2D eigenvalue weighted by molar-refractivity contribution is -0.109. The smallest absolute Gasteiger partial charge is 0.145 e. The minimum Gasteiger partial charge on any atom is -0.508 e. The Morgan fingerprint density at radius 1 is 1.62 bits per heavy atom. The van der Waals surface area contributed by atoms with Crippen LogP contribution in [0.5, 0.6) is 11.5 Å². The molecule has 0 saturated heterocycles. The van der Waals surface area contributed by atoms with Gasteiger partial charge in [-0.15, -0.1) is 0 Å². The third-order valence-electron chi connectivity index (χ3n) is 1.89. The predicted molar refractivity (Wildman–Crippen MR) is 47.1 cm³/mol. The van der Waals surface area contributed by atoms with E-state index in [0.29, 0.717) is 18.0 Å². The molecule has 1 atom stereocenters. The Labute approximate surface area is 75.1 Å². The van der Waals surface area contributed by atoms with E-state index in [2.05, 4.69) is 5.32 Å². The van der Waals surface area contributed by atoms with Crippen LogP contribution >= 0.6 is 0 Å². The Bertz CT molecular complexity index is 338. The molecule has 0 aliphatic carbocycles. The number of anilines is 1. The number of ether oxygens (including phenoxy) is 1. The molecule has 4 heteroatoms. The van der Waals surface area contributed by atoms with E-state index < -0.39 is 0 Å². The highest BCUT2D eigenvalue weighted by molar-refractivity contribution is 5.70. The van der Waals surface area contributed by atoms with Gasteiger partial charge in [-0.2, -0.15) is 0 Å². The van der Waals surface area contributed by atoms with Crippen LogP contribution in [0, 0.1) is 0 Å². The number of hydrogen-bond acceptors (Lipinski definition) is 4. The number of carbonyl (C=O) groups excluding carboxylic acids is 1. The van der Waals surface area contributed by atoms with Crippen LogP contribution < -0.4 is 10.1 Å². The Morgan fingerprint density at radius 3 is 3.23 bits per heavy atom. The normalized spacial score (nSPS) is 19.5. The number of aldehydes is 1. The molecule has 0 spiro atoms. The van der Waals surface area contributed by atoms with Crippen LogP contribution in [0.25, 0.3) is 0 Å². The maximum atomic E-state index is 10.4. The molecule has 0 saturated carbocycles. The Kier molecular flexibility index (Phi) is 1.81. The summed E-state index contributed by atoms with van der Waals surface area (Å²) in [5.41, 5.74) is 0.656. The van der Waals surface area contributed by atoms with Crippen LogP contribution in [0.3, 0.4) is 0 Å². The van der Waals surface area contributed by atoms with E-state index in [9.17, 15) is 4.79 Å². The van der Waals surface area contributed by atoms with Gasteiger partial charge in [0.1, 0.15) is 30.4 Å².